The summed E-state index contributed by atoms with van der Waals surface area (Å²) in [5.41, 5.74) is 2.41. The van der Waals surface area contributed by atoms with Crippen LogP contribution in [0.5, 0.6) is 11.5 Å². The highest BCUT2D eigenvalue weighted by Crippen LogP contribution is 2.18. The summed E-state index contributed by atoms with van der Waals surface area (Å²) in [6.07, 6.45) is 2.72. The molecule has 0 radical (unpaired) electrons. The smallest absolute Gasteiger partial charge is 0.257 e. The van der Waals surface area contributed by atoms with Gasteiger partial charge in [-0.1, -0.05) is 37.3 Å². The van der Waals surface area contributed by atoms with Crippen LogP contribution in [0.25, 0.3) is 0 Å². The third kappa shape index (κ3) is 5.61. The Morgan fingerprint density at radius 1 is 1.08 bits per heavy atom. The summed E-state index contributed by atoms with van der Waals surface area (Å²) >= 11 is 0. The van der Waals surface area contributed by atoms with Crippen LogP contribution >= 0.6 is 0 Å². The second-order valence-electron chi connectivity index (χ2n) is 5.55. The molecule has 0 unspecified atom stereocenters. The summed E-state index contributed by atoms with van der Waals surface area (Å²) in [6, 6.07) is 15.8. The Hall–Kier alpha value is -2.49. The van der Waals surface area contributed by atoms with Crippen molar-refractivity contribution < 1.29 is 14.3 Å². The van der Waals surface area contributed by atoms with Gasteiger partial charge in [0.05, 0.1) is 7.11 Å². The molecule has 1 amide bonds. The average Bonchev–Trinajstić information content (AvgIpc) is 2.64. The normalized spacial score (nSPS) is 10.2. The van der Waals surface area contributed by atoms with Crippen LogP contribution in [0.1, 0.15) is 24.5 Å². The highest BCUT2D eigenvalue weighted by molar-refractivity contribution is 5.77. The highest BCUT2D eigenvalue weighted by atomic mass is 16.5. The fourth-order valence-corrected chi connectivity index (χ4v) is 2.44. The Balaban J connectivity index is 1.66. The lowest BCUT2D eigenvalue weighted by Gasteiger charge is -2.09. The van der Waals surface area contributed by atoms with Gasteiger partial charge in [-0.15, -0.1) is 0 Å². The average molecular weight is 327 g/mol. The van der Waals surface area contributed by atoms with Gasteiger partial charge in [0.1, 0.15) is 11.5 Å². The van der Waals surface area contributed by atoms with Gasteiger partial charge in [-0.05, 0) is 48.6 Å². The Bertz CT molecular complexity index is 638. The van der Waals surface area contributed by atoms with Crippen molar-refractivity contribution in [2.24, 2.45) is 0 Å². The fraction of sp³-hybridized carbons (Fsp3) is 0.350. The van der Waals surface area contributed by atoms with Crippen LogP contribution in [-0.4, -0.2) is 26.2 Å². The molecule has 4 heteroatoms. The van der Waals surface area contributed by atoms with Crippen LogP contribution in [0.4, 0.5) is 0 Å². The maximum Gasteiger partial charge on any atom is 0.257 e. The van der Waals surface area contributed by atoms with E-state index in [4.69, 9.17) is 9.47 Å². The van der Waals surface area contributed by atoms with Gasteiger partial charge in [-0.2, -0.15) is 0 Å². The van der Waals surface area contributed by atoms with Crippen molar-refractivity contribution in [1.82, 2.24) is 5.32 Å². The molecule has 1 N–H and O–H groups in total. The van der Waals surface area contributed by atoms with E-state index in [0.717, 1.165) is 36.3 Å². The van der Waals surface area contributed by atoms with E-state index in [2.05, 4.69) is 12.2 Å². The molecule has 0 aliphatic carbocycles. The van der Waals surface area contributed by atoms with E-state index in [1.165, 1.54) is 5.56 Å². The molecule has 0 saturated heterocycles. The van der Waals surface area contributed by atoms with Gasteiger partial charge in [0, 0.05) is 6.54 Å². The lowest BCUT2D eigenvalue weighted by Crippen LogP contribution is -2.29. The van der Waals surface area contributed by atoms with Crippen molar-refractivity contribution in [3.63, 3.8) is 0 Å². The van der Waals surface area contributed by atoms with Gasteiger partial charge in [0.25, 0.3) is 5.91 Å². The summed E-state index contributed by atoms with van der Waals surface area (Å²) in [5.74, 6) is 1.51. The van der Waals surface area contributed by atoms with E-state index in [9.17, 15) is 4.79 Å². The molecular formula is C20H25NO3. The molecule has 128 valence electrons. The third-order valence-electron chi connectivity index (χ3n) is 3.84. The number of ether oxygens (including phenoxy) is 2. The molecule has 0 heterocycles. The number of carbonyl (C=O) groups excluding carboxylic acids is 1. The highest BCUT2D eigenvalue weighted by Gasteiger charge is 2.04. The molecule has 2 aromatic carbocycles. The van der Waals surface area contributed by atoms with Crippen LogP contribution < -0.4 is 14.8 Å². The number of aryl methyl sites for hydroxylation is 2. The SMILES string of the molecule is CCc1ccc(OCC(=O)NCCCc2ccccc2OC)cc1. The van der Waals surface area contributed by atoms with E-state index >= 15 is 0 Å². The lowest BCUT2D eigenvalue weighted by atomic mass is 10.1. The predicted octanol–water partition coefficient (Wildman–Crippen LogP) is 3.39. The zero-order valence-corrected chi connectivity index (χ0v) is 14.4. The largest absolute Gasteiger partial charge is 0.496 e. The summed E-state index contributed by atoms with van der Waals surface area (Å²) in [7, 11) is 1.67. The molecule has 0 bridgehead atoms. The Kier molecular flexibility index (Phi) is 7.15. The molecule has 24 heavy (non-hydrogen) atoms. The standard InChI is InChI=1S/C20H25NO3/c1-3-16-10-12-18(13-11-16)24-15-20(22)21-14-6-8-17-7-4-5-9-19(17)23-2/h4-5,7,9-13H,3,6,8,14-15H2,1-2H3,(H,21,22). The minimum absolute atomic E-state index is 0.0418. The van der Waals surface area contributed by atoms with E-state index in [-0.39, 0.29) is 12.5 Å². The number of para-hydroxylation sites is 1. The number of carbonyl (C=O) groups is 1. The lowest BCUT2D eigenvalue weighted by molar-refractivity contribution is -0.123. The van der Waals surface area contributed by atoms with Crippen molar-refractivity contribution >= 4 is 5.91 Å². The Morgan fingerprint density at radius 2 is 1.83 bits per heavy atom. The third-order valence-corrected chi connectivity index (χ3v) is 3.84. The fourth-order valence-electron chi connectivity index (χ4n) is 2.44. The second-order valence-corrected chi connectivity index (χ2v) is 5.55. The monoisotopic (exact) mass is 327 g/mol. The van der Waals surface area contributed by atoms with Crippen LogP contribution in [0.3, 0.4) is 0 Å². The molecule has 0 spiro atoms. The van der Waals surface area contributed by atoms with Gasteiger partial charge in [0.15, 0.2) is 6.61 Å². The number of hydrogen-bond acceptors (Lipinski definition) is 3. The number of amides is 1. The first-order valence-electron chi connectivity index (χ1n) is 8.33. The van der Waals surface area contributed by atoms with Crippen molar-refractivity contribution in [2.75, 3.05) is 20.3 Å². The van der Waals surface area contributed by atoms with E-state index in [0.29, 0.717) is 6.54 Å². The molecule has 0 fully saturated rings. The van der Waals surface area contributed by atoms with Gasteiger partial charge >= 0.3 is 0 Å². The van der Waals surface area contributed by atoms with Crippen LogP contribution in [0.15, 0.2) is 48.5 Å². The first kappa shape index (κ1) is 17.9. The van der Waals surface area contributed by atoms with Crippen LogP contribution in [0.2, 0.25) is 0 Å². The molecular weight excluding hydrogens is 302 g/mol. The quantitative estimate of drug-likeness (QED) is 0.718. The van der Waals surface area contributed by atoms with Crippen molar-refractivity contribution in [3.05, 3.63) is 59.7 Å². The van der Waals surface area contributed by atoms with Gasteiger partial charge in [-0.3, -0.25) is 4.79 Å². The van der Waals surface area contributed by atoms with E-state index in [1.54, 1.807) is 7.11 Å². The molecule has 0 aromatic heterocycles. The molecule has 0 aliphatic heterocycles. The van der Waals surface area contributed by atoms with Crippen LogP contribution in [0, 0.1) is 0 Å². The first-order valence-corrected chi connectivity index (χ1v) is 8.33. The molecule has 0 saturated carbocycles. The Morgan fingerprint density at radius 3 is 2.54 bits per heavy atom. The maximum absolute atomic E-state index is 11.8. The minimum Gasteiger partial charge on any atom is -0.496 e. The zero-order valence-electron chi connectivity index (χ0n) is 14.4. The number of benzene rings is 2. The van der Waals surface area contributed by atoms with Crippen LogP contribution in [-0.2, 0) is 17.6 Å². The topological polar surface area (TPSA) is 47.6 Å². The summed E-state index contributed by atoms with van der Waals surface area (Å²) in [5, 5.41) is 2.88. The number of hydrogen-bond donors (Lipinski definition) is 1. The minimum atomic E-state index is -0.102. The molecule has 2 aromatic rings. The summed E-state index contributed by atoms with van der Waals surface area (Å²) in [6.45, 7) is 2.77. The maximum atomic E-state index is 11.8. The second kappa shape index (κ2) is 9.60. The number of rotatable bonds is 9. The molecule has 0 atom stereocenters. The van der Waals surface area contributed by atoms with E-state index in [1.807, 2.05) is 48.5 Å². The summed E-state index contributed by atoms with van der Waals surface area (Å²) < 4.78 is 10.8. The Labute approximate surface area is 143 Å². The van der Waals surface area contributed by atoms with Gasteiger partial charge < -0.3 is 14.8 Å². The van der Waals surface area contributed by atoms with Gasteiger partial charge in [0.2, 0.25) is 0 Å². The van der Waals surface area contributed by atoms with Crippen molar-refractivity contribution in [2.45, 2.75) is 26.2 Å². The zero-order chi connectivity index (χ0) is 17.2. The number of methoxy groups -OCH3 is 1. The van der Waals surface area contributed by atoms with E-state index < -0.39 is 0 Å². The first-order chi connectivity index (χ1) is 11.7. The van der Waals surface area contributed by atoms with Crippen molar-refractivity contribution in [3.8, 4) is 11.5 Å². The summed E-state index contributed by atoms with van der Waals surface area (Å²) in [4.78, 5) is 11.8. The molecule has 2 rings (SSSR count). The molecule has 0 aliphatic rings. The van der Waals surface area contributed by atoms with Gasteiger partial charge in [-0.25, -0.2) is 0 Å². The van der Waals surface area contributed by atoms with Crippen molar-refractivity contribution in [1.29, 1.82) is 0 Å². The number of nitrogens with one attached hydrogen (secondary N) is 1. The molecule has 4 nitrogen and oxygen atoms in total. The predicted molar refractivity (Wildman–Crippen MR) is 95.6 cm³/mol.